The molecule has 0 aromatic carbocycles. The number of unbranched alkanes of at least 4 members (excludes halogenated alkanes) is 2. The van der Waals surface area contributed by atoms with Crippen LogP contribution in [0.2, 0.25) is 0 Å². The molecule has 18 heavy (non-hydrogen) atoms. The lowest BCUT2D eigenvalue weighted by atomic mass is 10.1. The smallest absolute Gasteiger partial charge is 0.187 e. The molecule has 0 bridgehead atoms. The van der Waals surface area contributed by atoms with Crippen LogP contribution in [0.25, 0.3) is 0 Å². The average Bonchev–Trinajstić information content (AvgIpc) is 2.35. The van der Waals surface area contributed by atoms with E-state index in [4.69, 9.17) is 0 Å². The monoisotopic (exact) mass is 267 g/mol. The predicted molar refractivity (Wildman–Crippen MR) is 79.1 cm³/mol. The zero-order valence-corrected chi connectivity index (χ0v) is 12.6. The number of nitrogens with zero attached hydrogens (tertiary/aromatic N) is 2. The van der Waals surface area contributed by atoms with Gasteiger partial charge in [-0.2, -0.15) is 0 Å². The maximum absolute atomic E-state index is 4.37. The number of thioether (sulfide) groups is 1. The van der Waals surface area contributed by atoms with E-state index in [9.17, 15) is 0 Å². The Morgan fingerprint density at radius 1 is 1.39 bits per heavy atom. The Hall–Kier alpha value is -0.610. The van der Waals surface area contributed by atoms with Crippen LogP contribution in [0.5, 0.6) is 0 Å². The van der Waals surface area contributed by atoms with Crippen molar-refractivity contribution in [2.24, 2.45) is 0 Å². The molecule has 3 nitrogen and oxygen atoms in total. The van der Waals surface area contributed by atoms with Crippen LogP contribution in [-0.4, -0.2) is 28.3 Å². The molecule has 0 aliphatic heterocycles. The minimum absolute atomic E-state index is 0.621. The highest BCUT2D eigenvalue weighted by Crippen LogP contribution is 2.11. The minimum Gasteiger partial charge on any atom is -0.313 e. The van der Waals surface area contributed by atoms with Gasteiger partial charge < -0.3 is 5.32 Å². The molecule has 1 atom stereocenters. The maximum atomic E-state index is 4.37. The molecule has 1 rings (SSSR count). The average molecular weight is 267 g/mol. The van der Waals surface area contributed by atoms with E-state index in [2.05, 4.69) is 29.1 Å². The summed E-state index contributed by atoms with van der Waals surface area (Å²) in [5, 5.41) is 4.43. The van der Waals surface area contributed by atoms with Crippen LogP contribution in [0.1, 0.15) is 45.2 Å². The van der Waals surface area contributed by atoms with Crippen molar-refractivity contribution in [3.8, 4) is 0 Å². The third-order valence-corrected chi connectivity index (χ3v) is 3.70. The zero-order chi connectivity index (χ0) is 13.2. The summed E-state index contributed by atoms with van der Waals surface area (Å²) in [7, 11) is 0. The summed E-state index contributed by atoms with van der Waals surface area (Å²) in [6.45, 7) is 7.54. The number of rotatable bonds is 9. The van der Waals surface area contributed by atoms with Gasteiger partial charge in [-0.15, -0.1) is 0 Å². The van der Waals surface area contributed by atoms with Crippen molar-refractivity contribution in [1.29, 1.82) is 0 Å². The Balaban J connectivity index is 2.07. The van der Waals surface area contributed by atoms with Gasteiger partial charge in [0.2, 0.25) is 0 Å². The Bertz CT molecular complexity index is 331. The van der Waals surface area contributed by atoms with Gasteiger partial charge in [0.1, 0.15) is 0 Å². The predicted octanol–water partition coefficient (Wildman–Crippen LogP) is 3.44. The fraction of sp³-hybridized carbons (Fsp3) is 0.714. The molecule has 0 amide bonds. The first-order valence-corrected chi connectivity index (χ1v) is 7.86. The Labute approximate surface area is 115 Å². The van der Waals surface area contributed by atoms with Gasteiger partial charge in [0.15, 0.2) is 5.16 Å². The van der Waals surface area contributed by atoms with Crippen molar-refractivity contribution < 1.29 is 0 Å². The molecule has 1 heterocycles. The second kappa shape index (κ2) is 9.34. The van der Waals surface area contributed by atoms with Gasteiger partial charge in [0, 0.05) is 30.2 Å². The molecule has 102 valence electrons. The number of aryl methyl sites for hydroxylation is 1. The Kier molecular flexibility index (Phi) is 8.01. The highest BCUT2D eigenvalue weighted by molar-refractivity contribution is 7.99. The summed E-state index contributed by atoms with van der Waals surface area (Å²) in [4.78, 5) is 8.62. The topological polar surface area (TPSA) is 37.8 Å². The van der Waals surface area contributed by atoms with E-state index in [0.29, 0.717) is 6.04 Å². The molecule has 0 aliphatic rings. The molecule has 0 fully saturated rings. The van der Waals surface area contributed by atoms with Gasteiger partial charge >= 0.3 is 0 Å². The fourth-order valence-corrected chi connectivity index (χ4v) is 2.49. The van der Waals surface area contributed by atoms with E-state index in [1.165, 1.54) is 25.7 Å². The third kappa shape index (κ3) is 6.97. The fourth-order valence-electron chi connectivity index (χ4n) is 1.75. The molecule has 1 N–H and O–H groups in total. The van der Waals surface area contributed by atoms with Crippen LogP contribution in [0, 0.1) is 6.92 Å². The molecule has 0 spiro atoms. The van der Waals surface area contributed by atoms with Gasteiger partial charge in [-0.05, 0) is 26.3 Å². The first kappa shape index (κ1) is 15.4. The molecule has 1 aromatic heterocycles. The maximum Gasteiger partial charge on any atom is 0.187 e. The van der Waals surface area contributed by atoms with Crippen LogP contribution in [0.4, 0.5) is 0 Å². The summed E-state index contributed by atoms with van der Waals surface area (Å²) in [5.74, 6) is 1.03. The van der Waals surface area contributed by atoms with Gasteiger partial charge in [0.25, 0.3) is 0 Å². The van der Waals surface area contributed by atoms with Gasteiger partial charge in [-0.25, -0.2) is 9.97 Å². The molecule has 0 radical (unpaired) electrons. The molecule has 1 unspecified atom stereocenters. The van der Waals surface area contributed by atoms with Crippen LogP contribution in [0.3, 0.4) is 0 Å². The zero-order valence-electron chi connectivity index (χ0n) is 11.8. The first-order valence-electron chi connectivity index (χ1n) is 6.88. The highest BCUT2D eigenvalue weighted by atomic mass is 32.2. The largest absolute Gasteiger partial charge is 0.313 e. The normalized spacial score (nSPS) is 12.6. The molecule has 1 aromatic rings. The SMILES string of the molecule is CCCCCC(C)NCCSc1nccc(C)n1. The van der Waals surface area contributed by atoms with E-state index in [-0.39, 0.29) is 0 Å². The van der Waals surface area contributed by atoms with Crippen molar-refractivity contribution in [1.82, 2.24) is 15.3 Å². The van der Waals surface area contributed by atoms with Crippen molar-refractivity contribution in [2.45, 2.75) is 57.7 Å². The second-order valence-corrected chi connectivity index (χ2v) is 5.74. The summed E-state index contributed by atoms with van der Waals surface area (Å²) in [6, 6.07) is 2.55. The number of hydrogen-bond donors (Lipinski definition) is 1. The molecule has 0 saturated heterocycles. The summed E-state index contributed by atoms with van der Waals surface area (Å²) < 4.78 is 0. The van der Waals surface area contributed by atoms with Crippen molar-refractivity contribution in [2.75, 3.05) is 12.3 Å². The van der Waals surface area contributed by atoms with Crippen LogP contribution in [0.15, 0.2) is 17.4 Å². The van der Waals surface area contributed by atoms with E-state index < -0.39 is 0 Å². The standard InChI is InChI=1S/C14H25N3S/c1-4-5-6-7-12(2)15-10-11-18-14-16-9-8-13(3)17-14/h8-9,12,15H,4-7,10-11H2,1-3H3. The van der Waals surface area contributed by atoms with Crippen LogP contribution < -0.4 is 5.32 Å². The third-order valence-electron chi connectivity index (χ3n) is 2.84. The summed E-state index contributed by atoms with van der Waals surface area (Å²) >= 11 is 1.72. The van der Waals surface area contributed by atoms with E-state index >= 15 is 0 Å². The molecule has 4 heteroatoms. The van der Waals surface area contributed by atoms with Gasteiger partial charge in [-0.1, -0.05) is 37.9 Å². The van der Waals surface area contributed by atoms with Gasteiger partial charge in [0.05, 0.1) is 0 Å². The summed E-state index contributed by atoms with van der Waals surface area (Å²) in [5.41, 5.74) is 1.04. The number of nitrogens with one attached hydrogen (secondary N) is 1. The van der Waals surface area contributed by atoms with Gasteiger partial charge in [-0.3, -0.25) is 0 Å². The van der Waals surface area contributed by atoms with E-state index in [0.717, 1.165) is 23.1 Å². The van der Waals surface area contributed by atoms with E-state index in [1.807, 2.05) is 19.2 Å². The Morgan fingerprint density at radius 3 is 2.94 bits per heavy atom. The lowest BCUT2D eigenvalue weighted by Crippen LogP contribution is -2.28. The number of aromatic nitrogens is 2. The quantitative estimate of drug-likeness (QED) is 0.422. The summed E-state index contributed by atoms with van der Waals surface area (Å²) in [6.07, 6.45) is 7.08. The molecule has 0 aliphatic carbocycles. The van der Waals surface area contributed by atoms with Crippen molar-refractivity contribution in [3.05, 3.63) is 18.0 Å². The lowest BCUT2D eigenvalue weighted by Gasteiger charge is -2.12. The second-order valence-electron chi connectivity index (χ2n) is 4.68. The molecule has 0 saturated carbocycles. The first-order chi connectivity index (χ1) is 8.72. The highest BCUT2D eigenvalue weighted by Gasteiger charge is 2.01. The van der Waals surface area contributed by atoms with Crippen LogP contribution >= 0.6 is 11.8 Å². The van der Waals surface area contributed by atoms with Crippen molar-refractivity contribution in [3.63, 3.8) is 0 Å². The molecular weight excluding hydrogens is 242 g/mol. The lowest BCUT2D eigenvalue weighted by molar-refractivity contribution is 0.502. The Morgan fingerprint density at radius 2 is 2.22 bits per heavy atom. The van der Waals surface area contributed by atoms with Crippen molar-refractivity contribution >= 4 is 11.8 Å². The molecular formula is C14H25N3S. The number of hydrogen-bond acceptors (Lipinski definition) is 4. The van der Waals surface area contributed by atoms with Crippen LogP contribution in [-0.2, 0) is 0 Å². The minimum atomic E-state index is 0.621. The van der Waals surface area contributed by atoms with E-state index in [1.54, 1.807) is 11.8 Å².